The van der Waals surface area contributed by atoms with Crippen LogP contribution in [-0.4, -0.2) is 22.3 Å². The Balaban J connectivity index is 2.33. The average molecular weight is 289 g/mol. The summed E-state index contributed by atoms with van der Waals surface area (Å²) in [6.45, 7) is 1.85. The van der Waals surface area contributed by atoms with E-state index in [-0.39, 0.29) is 5.84 Å². The molecule has 3 N–H and O–H groups in total. The normalized spacial score (nSPS) is 11.4. The third-order valence-corrected chi connectivity index (χ3v) is 3.40. The number of nitrogens with two attached hydrogens (primary N) is 1. The van der Waals surface area contributed by atoms with E-state index in [9.17, 15) is 0 Å². The van der Waals surface area contributed by atoms with Crippen LogP contribution < -0.4 is 10.5 Å². The topological polar surface area (TPSA) is 80.7 Å². The summed E-state index contributed by atoms with van der Waals surface area (Å²) in [5.74, 6) is 0.929. The number of pyridine rings is 1. The Kier molecular flexibility index (Phi) is 4.47. The lowest BCUT2D eigenvalue weighted by atomic mass is 10.2. The molecule has 2 aromatic rings. The molecule has 20 heavy (non-hydrogen) atoms. The molecule has 2 rings (SSSR count). The number of nitrogens with zero attached hydrogens (tertiary/aromatic N) is 2. The third kappa shape index (κ3) is 3.21. The molecule has 5 nitrogen and oxygen atoms in total. The lowest BCUT2D eigenvalue weighted by Gasteiger charge is -2.10. The first-order valence-electron chi connectivity index (χ1n) is 5.91. The van der Waals surface area contributed by atoms with Crippen LogP contribution >= 0.6 is 11.8 Å². The number of rotatable bonds is 4. The highest BCUT2D eigenvalue weighted by atomic mass is 32.2. The summed E-state index contributed by atoms with van der Waals surface area (Å²) < 4.78 is 5.72. The summed E-state index contributed by atoms with van der Waals surface area (Å²) in [7, 11) is 0. The van der Waals surface area contributed by atoms with Crippen molar-refractivity contribution in [3.63, 3.8) is 0 Å². The smallest absolute Gasteiger partial charge is 0.230 e. The second-order valence-corrected chi connectivity index (χ2v) is 4.95. The molecule has 0 unspecified atom stereocenters. The van der Waals surface area contributed by atoms with Crippen molar-refractivity contribution in [2.45, 2.75) is 11.8 Å². The van der Waals surface area contributed by atoms with Crippen LogP contribution in [0.15, 0.2) is 46.4 Å². The summed E-state index contributed by atoms with van der Waals surface area (Å²) in [4.78, 5) is 5.43. The summed E-state index contributed by atoms with van der Waals surface area (Å²) in [5.41, 5.74) is 6.86. The number of hydrogen-bond acceptors (Lipinski definition) is 5. The molecule has 6 heteroatoms. The summed E-state index contributed by atoms with van der Waals surface area (Å²) in [6.07, 6.45) is 2.01. The molecule has 0 bridgehead atoms. The van der Waals surface area contributed by atoms with Crippen molar-refractivity contribution < 1.29 is 9.94 Å². The van der Waals surface area contributed by atoms with Crippen LogP contribution in [0.25, 0.3) is 0 Å². The quantitative estimate of drug-likeness (QED) is 0.297. The van der Waals surface area contributed by atoms with E-state index in [0.717, 1.165) is 10.6 Å². The van der Waals surface area contributed by atoms with Gasteiger partial charge >= 0.3 is 0 Å². The number of hydrogen-bond donors (Lipinski definition) is 2. The van der Waals surface area contributed by atoms with Gasteiger partial charge in [-0.15, -0.1) is 11.8 Å². The molecule has 0 atom stereocenters. The van der Waals surface area contributed by atoms with Crippen LogP contribution in [0.3, 0.4) is 0 Å². The zero-order valence-electron chi connectivity index (χ0n) is 11.2. The third-order valence-electron chi connectivity index (χ3n) is 2.66. The second-order valence-electron chi connectivity index (χ2n) is 4.07. The van der Waals surface area contributed by atoms with Gasteiger partial charge in [-0.1, -0.05) is 5.16 Å². The van der Waals surface area contributed by atoms with Gasteiger partial charge in [0.25, 0.3) is 0 Å². The van der Waals surface area contributed by atoms with Gasteiger partial charge in [0.2, 0.25) is 5.88 Å². The first-order valence-corrected chi connectivity index (χ1v) is 7.14. The number of amidine groups is 1. The maximum atomic E-state index is 8.79. The van der Waals surface area contributed by atoms with Gasteiger partial charge in [0.05, 0.1) is 5.56 Å². The Morgan fingerprint density at radius 3 is 2.55 bits per heavy atom. The summed E-state index contributed by atoms with van der Waals surface area (Å²) >= 11 is 1.65. The molecule has 104 valence electrons. The Labute approximate surface area is 121 Å². The molecule has 0 fully saturated rings. The fourth-order valence-corrected chi connectivity index (χ4v) is 2.02. The van der Waals surface area contributed by atoms with Crippen LogP contribution in [0, 0.1) is 6.92 Å². The van der Waals surface area contributed by atoms with E-state index < -0.39 is 0 Å². The number of thioether (sulfide) groups is 1. The average Bonchev–Trinajstić information content (AvgIpc) is 2.47. The lowest BCUT2D eigenvalue weighted by Crippen LogP contribution is -2.15. The second kappa shape index (κ2) is 6.29. The van der Waals surface area contributed by atoms with E-state index in [1.54, 1.807) is 23.9 Å². The number of benzene rings is 1. The van der Waals surface area contributed by atoms with Gasteiger partial charge < -0.3 is 15.7 Å². The highest BCUT2D eigenvalue weighted by Crippen LogP contribution is 2.25. The van der Waals surface area contributed by atoms with Gasteiger partial charge in [0.1, 0.15) is 5.75 Å². The summed E-state index contributed by atoms with van der Waals surface area (Å²) in [6, 6.07) is 11.1. The van der Waals surface area contributed by atoms with Gasteiger partial charge in [-0.3, -0.25) is 0 Å². The van der Waals surface area contributed by atoms with Gasteiger partial charge in [-0.2, -0.15) is 0 Å². The molecule has 0 aliphatic carbocycles. The Morgan fingerprint density at radius 1 is 1.25 bits per heavy atom. The Bertz CT molecular complexity index is 627. The van der Waals surface area contributed by atoms with Crippen LogP contribution in [0.5, 0.6) is 11.6 Å². The van der Waals surface area contributed by atoms with Crippen LogP contribution in [-0.2, 0) is 0 Å². The van der Waals surface area contributed by atoms with Crippen molar-refractivity contribution in [1.82, 2.24) is 4.98 Å². The maximum Gasteiger partial charge on any atom is 0.230 e. The SMILES string of the molecule is CSc1ccc(Oc2nc(C)ccc2/C(N)=N/O)cc1. The van der Waals surface area contributed by atoms with Gasteiger partial charge in [0, 0.05) is 10.6 Å². The van der Waals surface area contributed by atoms with Crippen LogP contribution in [0.2, 0.25) is 0 Å². The van der Waals surface area contributed by atoms with Crippen molar-refractivity contribution in [2.75, 3.05) is 6.26 Å². The molecule has 0 amide bonds. The van der Waals surface area contributed by atoms with E-state index in [1.807, 2.05) is 37.4 Å². The van der Waals surface area contributed by atoms with E-state index in [4.69, 9.17) is 15.7 Å². The van der Waals surface area contributed by atoms with Gasteiger partial charge in [-0.05, 0) is 49.6 Å². The monoisotopic (exact) mass is 289 g/mol. The number of oxime groups is 1. The van der Waals surface area contributed by atoms with E-state index in [2.05, 4.69) is 10.1 Å². The zero-order valence-corrected chi connectivity index (χ0v) is 12.0. The first kappa shape index (κ1) is 14.2. The van der Waals surface area contributed by atoms with E-state index >= 15 is 0 Å². The van der Waals surface area contributed by atoms with Crippen molar-refractivity contribution >= 4 is 17.6 Å². The predicted octanol–water partition coefficient (Wildman–Crippen LogP) is 3.00. The van der Waals surface area contributed by atoms with Gasteiger partial charge in [0.15, 0.2) is 5.84 Å². The molecule has 0 aliphatic heterocycles. The van der Waals surface area contributed by atoms with Crippen molar-refractivity contribution in [3.8, 4) is 11.6 Å². The molecule has 0 saturated carbocycles. The van der Waals surface area contributed by atoms with Crippen molar-refractivity contribution in [1.29, 1.82) is 0 Å². The minimum absolute atomic E-state index is 0.0340. The minimum atomic E-state index is -0.0340. The Hall–Kier alpha value is -2.21. The minimum Gasteiger partial charge on any atom is -0.438 e. The predicted molar refractivity (Wildman–Crippen MR) is 79.8 cm³/mol. The standard InChI is InChI=1S/C14H15N3O2S/c1-9-3-8-12(13(15)17-18)14(16-9)19-10-4-6-11(20-2)7-5-10/h3-8,18H,1-2H3,(H2,15,17). The number of aromatic nitrogens is 1. The number of ether oxygens (including phenoxy) is 1. The fourth-order valence-electron chi connectivity index (χ4n) is 1.61. The number of aryl methyl sites for hydroxylation is 1. The fraction of sp³-hybridized carbons (Fsp3) is 0.143. The Morgan fingerprint density at radius 2 is 1.95 bits per heavy atom. The van der Waals surface area contributed by atoms with Crippen molar-refractivity contribution in [2.24, 2.45) is 10.9 Å². The highest BCUT2D eigenvalue weighted by Gasteiger charge is 2.11. The molecule has 1 aromatic heterocycles. The summed E-state index contributed by atoms with van der Waals surface area (Å²) in [5, 5.41) is 11.8. The zero-order chi connectivity index (χ0) is 14.5. The molecule has 0 radical (unpaired) electrons. The van der Waals surface area contributed by atoms with Crippen LogP contribution in [0.4, 0.5) is 0 Å². The largest absolute Gasteiger partial charge is 0.438 e. The lowest BCUT2D eigenvalue weighted by molar-refractivity contribution is 0.318. The van der Waals surface area contributed by atoms with E-state index in [0.29, 0.717) is 17.2 Å². The molecule has 1 aromatic carbocycles. The highest BCUT2D eigenvalue weighted by molar-refractivity contribution is 7.98. The molecule has 0 saturated heterocycles. The molecular weight excluding hydrogens is 274 g/mol. The van der Waals surface area contributed by atoms with Crippen molar-refractivity contribution in [3.05, 3.63) is 47.7 Å². The first-order chi connectivity index (χ1) is 9.63. The molecule has 1 heterocycles. The van der Waals surface area contributed by atoms with Gasteiger partial charge in [-0.25, -0.2) is 4.98 Å². The molecule has 0 spiro atoms. The molecular formula is C14H15N3O2S. The maximum absolute atomic E-state index is 8.79. The van der Waals surface area contributed by atoms with E-state index in [1.165, 1.54) is 0 Å². The molecule has 0 aliphatic rings. The van der Waals surface area contributed by atoms with Crippen LogP contribution in [0.1, 0.15) is 11.3 Å².